The Morgan fingerprint density at radius 1 is 0.565 bits per heavy atom. The molecule has 0 saturated carbocycles. The molecular formula is C42H32N3Si+. The molecule has 46 heavy (non-hydrogen) atoms. The Balaban J connectivity index is 1.10. The first kappa shape index (κ1) is 26.9. The Morgan fingerprint density at radius 2 is 1.11 bits per heavy atom. The van der Waals surface area contributed by atoms with E-state index in [0.717, 1.165) is 22.9 Å². The number of hydrogen-bond acceptors (Lipinski definition) is 2. The van der Waals surface area contributed by atoms with Gasteiger partial charge in [-0.3, -0.25) is 0 Å². The van der Waals surface area contributed by atoms with Gasteiger partial charge in [0.15, 0.2) is 0 Å². The average molecular weight is 607 g/mol. The summed E-state index contributed by atoms with van der Waals surface area (Å²) in [6, 6.07) is 47.1. The molecule has 218 valence electrons. The summed E-state index contributed by atoms with van der Waals surface area (Å²) in [6.45, 7) is 4.76. The highest BCUT2D eigenvalue weighted by Crippen LogP contribution is 2.40. The molecule has 9 rings (SSSR count). The first-order valence-electron chi connectivity index (χ1n) is 16.1. The Kier molecular flexibility index (Phi) is 6.18. The van der Waals surface area contributed by atoms with Crippen molar-refractivity contribution in [2.75, 3.05) is 0 Å². The largest absolute Gasteiger partial charge is 0.334 e. The van der Waals surface area contributed by atoms with E-state index in [2.05, 4.69) is 150 Å². The van der Waals surface area contributed by atoms with Gasteiger partial charge in [0.1, 0.15) is 5.69 Å². The lowest BCUT2D eigenvalue weighted by atomic mass is 9.89. The highest BCUT2D eigenvalue weighted by atomic mass is 28.3. The molecule has 0 radical (unpaired) electrons. The number of fused-ring (bicyclic) bond motifs is 1. The summed E-state index contributed by atoms with van der Waals surface area (Å²) >= 11 is 0. The fourth-order valence-electron chi connectivity index (χ4n) is 7.15. The lowest BCUT2D eigenvalue weighted by molar-refractivity contribution is -0.447. The molecule has 0 spiro atoms. The third-order valence-electron chi connectivity index (χ3n) is 9.53. The molecular weight excluding hydrogens is 575 g/mol. The van der Waals surface area contributed by atoms with Gasteiger partial charge in [-0.15, -0.1) is 0 Å². The molecule has 0 amide bonds. The zero-order valence-corrected chi connectivity index (χ0v) is 27.0. The summed E-state index contributed by atoms with van der Waals surface area (Å²) in [6.07, 6.45) is 6.00. The van der Waals surface area contributed by atoms with Crippen LogP contribution in [0.5, 0.6) is 0 Å². The molecule has 0 saturated heterocycles. The molecule has 0 aromatic heterocycles. The molecule has 0 fully saturated rings. The standard InChI is InChI=1S/C42H32N3Si/c1-46(2)37-20-16-28(17-21-37)35-25-32-12-10-30-23-34(24-31-11-13-33(26-35)40(32)39(30)31)27-14-18-36(19-15-27)45-38-9-6-22-43-41(38)44-42(45)29-7-4-3-5-8-29/h3-26,38,46H,1-2H3/q+1. The summed E-state index contributed by atoms with van der Waals surface area (Å²) < 4.78 is 2.29. The third-order valence-corrected chi connectivity index (χ3v) is 11.3. The Bertz CT molecular complexity index is 2350. The lowest BCUT2D eigenvalue weighted by Crippen LogP contribution is -2.27. The highest BCUT2D eigenvalue weighted by Gasteiger charge is 2.39. The van der Waals surface area contributed by atoms with Gasteiger partial charge in [0.05, 0.1) is 14.4 Å². The van der Waals surface area contributed by atoms with E-state index in [9.17, 15) is 0 Å². The molecule has 7 aromatic rings. The van der Waals surface area contributed by atoms with Crippen molar-refractivity contribution in [3.63, 3.8) is 0 Å². The number of hydrogen-bond donors (Lipinski definition) is 0. The zero-order valence-electron chi connectivity index (χ0n) is 25.9. The Labute approximate surface area is 270 Å². The van der Waals surface area contributed by atoms with Gasteiger partial charge in [0, 0.05) is 6.21 Å². The number of allylic oxidation sites excluding steroid dienone is 1. The van der Waals surface area contributed by atoms with Gasteiger partial charge in [0.25, 0.3) is 5.84 Å². The van der Waals surface area contributed by atoms with Gasteiger partial charge < -0.3 is 0 Å². The van der Waals surface area contributed by atoms with Crippen molar-refractivity contribution in [2.24, 2.45) is 9.98 Å². The van der Waals surface area contributed by atoms with Crippen LogP contribution in [-0.4, -0.2) is 37.3 Å². The Morgan fingerprint density at radius 3 is 1.65 bits per heavy atom. The van der Waals surface area contributed by atoms with Gasteiger partial charge >= 0.3 is 5.84 Å². The van der Waals surface area contributed by atoms with Crippen LogP contribution in [0.15, 0.2) is 150 Å². The number of amidine groups is 2. The van der Waals surface area contributed by atoms with Crippen molar-refractivity contribution in [1.29, 1.82) is 0 Å². The van der Waals surface area contributed by atoms with Crippen LogP contribution in [-0.2, 0) is 0 Å². The van der Waals surface area contributed by atoms with Crippen LogP contribution in [0.3, 0.4) is 0 Å². The topological polar surface area (TPSA) is 27.7 Å². The van der Waals surface area contributed by atoms with Crippen molar-refractivity contribution in [1.82, 2.24) is 0 Å². The molecule has 0 N–H and O–H groups in total. The summed E-state index contributed by atoms with van der Waals surface area (Å²) in [5, 5.41) is 9.35. The molecule has 1 unspecified atom stereocenters. The highest BCUT2D eigenvalue weighted by molar-refractivity contribution is 6.70. The molecule has 7 aromatic carbocycles. The van der Waals surface area contributed by atoms with Crippen LogP contribution >= 0.6 is 0 Å². The van der Waals surface area contributed by atoms with Gasteiger partial charge in [-0.1, -0.05) is 97.1 Å². The van der Waals surface area contributed by atoms with E-state index in [4.69, 9.17) is 4.99 Å². The minimum Gasteiger partial charge on any atom is -0.214 e. The molecule has 0 aliphatic carbocycles. The van der Waals surface area contributed by atoms with Crippen LogP contribution in [0.25, 0.3) is 54.6 Å². The zero-order chi connectivity index (χ0) is 30.8. The van der Waals surface area contributed by atoms with Crippen molar-refractivity contribution in [3.8, 4) is 22.3 Å². The van der Waals surface area contributed by atoms with E-state index in [1.54, 1.807) is 0 Å². The van der Waals surface area contributed by atoms with Gasteiger partial charge in [-0.05, 0) is 120 Å². The number of benzene rings is 7. The van der Waals surface area contributed by atoms with Crippen molar-refractivity contribution in [3.05, 3.63) is 145 Å². The molecule has 1 atom stereocenters. The first-order chi connectivity index (χ1) is 22.6. The van der Waals surface area contributed by atoms with Gasteiger partial charge in [-0.2, -0.15) is 0 Å². The van der Waals surface area contributed by atoms with E-state index >= 15 is 0 Å². The molecule has 2 aliphatic heterocycles. The van der Waals surface area contributed by atoms with Crippen molar-refractivity contribution in [2.45, 2.75) is 19.1 Å². The van der Waals surface area contributed by atoms with Crippen LogP contribution in [0, 0.1) is 0 Å². The van der Waals surface area contributed by atoms with E-state index in [-0.39, 0.29) is 6.04 Å². The van der Waals surface area contributed by atoms with Gasteiger partial charge in [-0.25, -0.2) is 9.57 Å². The summed E-state index contributed by atoms with van der Waals surface area (Å²) in [4.78, 5) is 9.52. The minimum atomic E-state index is -0.801. The quantitative estimate of drug-likeness (QED) is 0.106. The fourth-order valence-corrected chi connectivity index (χ4v) is 8.11. The smallest absolute Gasteiger partial charge is 0.214 e. The van der Waals surface area contributed by atoms with E-state index in [1.807, 2.05) is 18.4 Å². The number of aliphatic imine (C=N–C) groups is 2. The van der Waals surface area contributed by atoms with Crippen molar-refractivity contribution < 1.29 is 4.58 Å². The molecule has 2 heterocycles. The maximum atomic E-state index is 4.94. The number of rotatable bonds is 5. The van der Waals surface area contributed by atoms with Gasteiger partial charge in [0.2, 0.25) is 6.04 Å². The molecule has 3 nitrogen and oxygen atoms in total. The molecule has 2 aliphatic rings. The second-order valence-corrected chi connectivity index (χ2v) is 15.7. The maximum Gasteiger partial charge on any atom is 0.334 e. The van der Waals surface area contributed by atoms with E-state index in [1.165, 1.54) is 59.8 Å². The van der Waals surface area contributed by atoms with Crippen molar-refractivity contribution >= 4 is 69.9 Å². The van der Waals surface area contributed by atoms with E-state index < -0.39 is 8.80 Å². The SMILES string of the molecule is C[SiH](C)c1ccc(-c2cc3ccc4cc(-c5ccc([N+]6=C(c7ccccc7)N=C7N=CC=CC76)cc5)cc5ccc(c2)c3c45)cc1. The second-order valence-electron chi connectivity index (χ2n) is 12.7. The third kappa shape index (κ3) is 4.37. The predicted molar refractivity (Wildman–Crippen MR) is 199 cm³/mol. The number of nitrogens with zero attached hydrogens (tertiary/aromatic N) is 3. The van der Waals surface area contributed by atoms with Crippen LogP contribution < -0.4 is 5.19 Å². The Hall–Kier alpha value is -5.45. The van der Waals surface area contributed by atoms with Crippen LogP contribution in [0.1, 0.15) is 5.56 Å². The average Bonchev–Trinajstić information content (AvgIpc) is 3.50. The summed E-state index contributed by atoms with van der Waals surface area (Å²) in [5.74, 6) is 1.76. The lowest BCUT2D eigenvalue weighted by Gasteiger charge is -2.15. The van der Waals surface area contributed by atoms with E-state index in [0.29, 0.717) is 0 Å². The maximum absolute atomic E-state index is 4.94. The normalized spacial score (nSPS) is 15.9. The minimum absolute atomic E-state index is 0.00891. The predicted octanol–water partition coefficient (Wildman–Crippen LogP) is 9.12. The number of dihydropyridines is 1. The summed E-state index contributed by atoms with van der Waals surface area (Å²) in [7, 11) is -0.801. The van der Waals surface area contributed by atoms with Crippen LogP contribution in [0.4, 0.5) is 5.69 Å². The second kappa shape index (κ2) is 10.6. The summed E-state index contributed by atoms with van der Waals surface area (Å²) in [5.41, 5.74) is 7.17. The fraction of sp³-hybridized carbons (Fsp3) is 0.0714. The first-order valence-corrected chi connectivity index (χ1v) is 18.9. The van der Waals surface area contributed by atoms with Crippen LogP contribution in [0.2, 0.25) is 13.1 Å². The molecule has 0 bridgehead atoms. The monoisotopic (exact) mass is 606 g/mol. The molecule has 4 heteroatoms.